The third-order valence-electron chi connectivity index (χ3n) is 3.63. The maximum atomic E-state index is 12.6. The largest absolute Gasteiger partial charge is 0.335 e. The second-order valence-corrected chi connectivity index (χ2v) is 5.37. The molecule has 0 aromatic heterocycles. The molecule has 0 saturated heterocycles. The fourth-order valence-electron chi connectivity index (χ4n) is 2.28. The van der Waals surface area contributed by atoms with E-state index in [-0.39, 0.29) is 11.9 Å². The molecule has 0 unspecified atom stereocenters. The van der Waals surface area contributed by atoms with Crippen LogP contribution in [0.1, 0.15) is 36.5 Å². The minimum absolute atomic E-state index is 0.0692. The first-order chi connectivity index (χ1) is 9.15. The van der Waals surface area contributed by atoms with Crippen LogP contribution >= 0.6 is 11.6 Å². The van der Waals surface area contributed by atoms with Gasteiger partial charge in [-0.15, -0.1) is 0 Å². The number of nitriles is 1. The van der Waals surface area contributed by atoms with E-state index in [4.69, 9.17) is 16.9 Å². The number of nitrogens with zero attached hydrogens (tertiary/aromatic N) is 2. The van der Waals surface area contributed by atoms with Gasteiger partial charge >= 0.3 is 0 Å². The van der Waals surface area contributed by atoms with Gasteiger partial charge in [0.05, 0.1) is 23.1 Å². The van der Waals surface area contributed by atoms with Crippen molar-refractivity contribution in [3.05, 3.63) is 34.9 Å². The summed E-state index contributed by atoms with van der Waals surface area (Å²) < 4.78 is 0. The summed E-state index contributed by atoms with van der Waals surface area (Å²) in [6, 6.07) is 9.36. The Morgan fingerprint density at radius 3 is 2.79 bits per heavy atom. The standard InChI is InChI=1S/C15H17ClN2O/c1-11(12-7-8-12)18(10-4-9-17)15(19)13-5-2-3-6-14(13)16/h2-3,5-6,11-12H,4,7-8,10H2,1H3/t11-/m0/s1. The lowest BCUT2D eigenvalue weighted by Crippen LogP contribution is -2.40. The molecule has 1 saturated carbocycles. The van der Waals surface area contributed by atoms with Crippen molar-refractivity contribution in [2.45, 2.75) is 32.2 Å². The molecule has 1 aliphatic carbocycles. The molecule has 2 rings (SSSR count). The van der Waals surface area contributed by atoms with E-state index in [1.165, 1.54) is 12.8 Å². The Morgan fingerprint density at radius 1 is 1.53 bits per heavy atom. The second-order valence-electron chi connectivity index (χ2n) is 4.96. The first kappa shape index (κ1) is 13.9. The third-order valence-corrected chi connectivity index (χ3v) is 3.96. The third kappa shape index (κ3) is 3.27. The van der Waals surface area contributed by atoms with Gasteiger partial charge in [0.25, 0.3) is 5.91 Å². The normalized spacial score (nSPS) is 15.6. The highest BCUT2D eigenvalue weighted by Gasteiger charge is 2.34. The van der Waals surface area contributed by atoms with Gasteiger partial charge in [-0.25, -0.2) is 0 Å². The van der Waals surface area contributed by atoms with E-state index in [0.29, 0.717) is 29.5 Å². The molecular weight excluding hydrogens is 260 g/mol. The highest BCUT2D eigenvalue weighted by atomic mass is 35.5. The van der Waals surface area contributed by atoms with Crippen LogP contribution in [0.3, 0.4) is 0 Å². The summed E-state index contributed by atoms with van der Waals surface area (Å²) in [5.41, 5.74) is 0.523. The smallest absolute Gasteiger partial charge is 0.255 e. The summed E-state index contributed by atoms with van der Waals surface area (Å²) >= 11 is 6.08. The number of amides is 1. The van der Waals surface area contributed by atoms with Crippen LogP contribution in [0.2, 0.25) is 5.02 Å². The molecule has 1 aromatic carbocycles. The van der Waals surface area contributed by atoms with Crippen LogP contribution in [0.5, 0.6) is 0 Å². The number of benzene rings is 1. The van der Waals surface area contributed by atoms with Gasteiger partial charge in [0, 0.05) is 12.6 Å². The van der Waals surface area contributed by atoms with Gasteiger partial charge < -0.3 is 4.90 Å². The van der Waals surface area contributed by atoms with Crippen LogP contribution in [0, 0.1) is 17.2 Å². The molecule has 1 atom stereocenters. The number of rotatable bonds is 5. The molecule has 0 N–H and O–H groups in total. The number of carbonyl (C=O) groups excluding carboxylic acids is 1. The van der Waals surface area contributed by atoms with Crippen LogP contribution in [-0.4, -0.2) is 23.4 Å². The van der Waals surface area contributed by atoms with Crippen LogP contribution in [0.15, 0.2) is 24.3 Å². The minimum Gasteiger partial charge on any atom is -0.335 e. The molecule has 100 valence electrons. The number of hydrogen-bond acceptors (Lipinski definition) is 2. The molecule has 0 spiro atoms. The Hall–Kier alpha value is -1.53. The Labute approximate surface area is 118 Å². The highest BCUT2D eigenvalue weighted by molar-refractivity contribution is 6.33. The van der Waals surface area contributed by atoms with Crippen molar-refractivity contribution in [1.82, 2.24) is 4.90 Å². The van der Waals surface area contributed by atoms with Gasteiger partial charge in [-0.05, 0) is 37.8 Å². The number of carbonyl (C=O) groups is 1. The van der Waals surface area contributed by atoms with Gasteiger partial charge in [-0.1, -0.05) is 23.7 Å². The van der Waals surface area contributed by atoms with Crippen molar-refractivity contribution in [1.29, 1.82) is 5.26 Å². The molecule has 0 heterocycles. The predicted octanol–water partition coefficient (Wildman–Crippen LogP) is 3.49. The van der Waals surface area contributed by atoms with Crippen molar-refractivity contribution in [2.75, 3.05) is 6.54 Å². The fourth-order valence-corrected chi connectivity index (χ4v) is 2.50. The molecule has 1 aliphatic rings. The molecule has 0 radical (unpaired) electrons. The number of hydrogen-bond donors (Lipinski definition) is 0. The lowest BCUT2D eigenvalue weighted by atomic mass is 10.1. The summed E-state index contributed by atoms with van der Waals surface area (Å²) in [4.78, 5) is 14.4. The first-order valence-corrected chi connectivity index (χ1v) is 6.95. The average molecular weight is 277 g/mol. The second kappa shape index (κ2) is 6.08. The van der Waals surface area contributed by atoms with Gasteiger partial charge in [0.2, 0.25) is 0 Å². The lowest BCUT2D eigenvalue weighted by molar-refractivity contribution is 0.0677. The van der Waals surface area contributed by atoms with Crippen molar-refractivity contribution < 1.29 is 4.79 Å². The van der Waals surface area contributed by atoms with Gasteiger partial charge in [-0.3, -0.25) is 4.79 Å². The van der Waals surface area contributed by atoms with E-state index in [1.54, 1.807) is 17.0 Å². The van der Waals surface area contributed by atoms with E-state index in [9.17, 15) is 4.79 Å². The van der Waals surface area contributed by atoms with Crippen LogP contribution in [0.4, 0.5) is 0 Å². The molecule has 1 fully saturated rings. The Balaban J connectivity index is 2.19. The molecular formula is C15H17ClN2O. The molecule has 1 amide bonds. The zero-order valence-corrected chi connectivity index (χ0v) is 11.7. The van der Waals surface area contributed by atoms with Crippen molar-refractivity contribution >= 4 is 17.5 Å². The monoisotopic (exact) mass is 276 g/mol. The van der Waals surface area contributed by atoms with Crippen molar-refractivity contribution in [3.63, 3.8) is 0 Å². The summed E-state index contributed by atoms with van der Waals surface area (Å²) in [6.07, 6.45) is 2.69. The van der Waals surface area contributed by atoms with Gasteiger partial charge in [-0.2, -0.15) is 5.26 Å². The zero-order chi connectivity index (χ0) is 13.8. The fraction of sp³-hybridized carbons (Fsp3) is 0.467. The highest BCUT2D eigenvalue weighted by Crippen LogP contribution is 2.36. The number of halogens is 1. The summed E-state index contributed by atoms with van der Waals surface area (Å²) in [5, 5.41) is 9.21. The van der Waals surface area contributed by atoms with Gasteiger partial charge in [0.1, 0.15) is 0 Å². The molecule has 4 heteroatoms. The average Bonchev–Trinajstić information content (AvgIpc) is 3.23. The van der Waals surface area contributed by atoms with Crippen molar-refractivity contribution in [3.8, 4) is 6.07 Å². The maximum Gasteiger partial charge on any atom is 0.255 e. The topological polar surface area (TPSA) is 44.1 Å². The van der Waals surface area contributed by atoms with Gasteiger partial charge in [0.15, 0.2) is 0 Å². The molecule has 19 heavy (non-hydrogen) atoms. The maximum absolute atomic E-state index is 12.6. The predicted molar refractivity (Wildman–Crippen MR) is 74.9 cm³/mol. The van der Waals surface area contributed by atoms with Crippen LogP contribution in [0.25, 0.3) is 0 Å². The quantitative estimate of drug-likeness (QED) is 0.826. The Morgan fingerprint density at radius 2 is 2.21 bits per heavy atom. The molecule has 0 bridgehead atoms. The molecule has 3 nitrogen and oxygen atoms in total. The van der Waals surface area contributed by atoms with E-state index < -0.39 is 0 Å². The van der Waals surface area contributed by atoms with Crippen LogP contribution < -0.4 is 0 Å². The van der Waals surface area contributed by atoms with E-state index in [2.05, 4.69) is 13.0 Å². The summed E-state index contributed by atoms with van der Waals surface area (Å²) in [7, 11) is 0. The van der Waals surface area contributed by atoms with E-state index in [0.717, 1.165) is 0 Å². The SMILES string of the molecule is C[C@@H](C1CC1)N(CCC#N)C(=O)c1ccccc1Cl. The van der Waals surface area contributed by atoms with Crippen LogP contribution in [-0.2, 0) is 0 Å². The first-order valence-electron chi connectivity index (χ1n) is 6.57. The summed E-state index contributed by atoms with van der Waals surface area (Å²) in [6.45, 7) is 2.53. The minimum atomic E-state index is -0.0692. The zero-order valence-electron chi connectivity index (χ0n) is 11.0. The molecule has 1 aromatic rings. The van der Waals surface area contributed by atoms with Crippen molar-refractivity contribution in [2.24, 2.45) is 5.92 Å². The van der Waals surface area contributed by atoms with E-state index in [1.807, 2.05) is 12.1 Å². The lowest BCUT2D eigenvalue weighted by Gasteiger charge is -2.29. The summed E-state index contributed by atoms with van der Waals surface area (Å²) in [5.74, 6) is 0.505. The van der Waals surface area contributed by atoms with E-state index >= 15 is 0 Å². The Kier molecular flexibility index (Phi) is 4.44. The Bertz CT molecular complexity index is 505. The molecule has 0 aliphatic heterocycles.